The van der Waals surface area contributed by atoms with Crippen LogP contribution in [0.4, 0.5) is 5.82 Å². The zero-order chi connectivity index (χ0) is 17.2. The minimum atomic E-state index is 0.274. The highest BCUT2D eigenvalue weighted by molar-refractivity contribution is 5.96. The van der Waals surface area contributed by atoms with Gasteiger partial charge in [0.2, 0.25) is 0 Å². The number of aromatic hydroxyl groups is 1. The van der Waals surface area contributed by atoms with Gasteiger partial charge in [-0.2, -0.15) is 0 Å². The highest BCUT2D eigenvalue weighted by Crippen LogP contribution is 2.33. The van der Waals surface area contributed by atoms with Gasteiger partial charge in [0.05, 0.1) is 5.52 Å². The van der Waals surface area contributed by atoms with Gasteiger partial charge in [-0.15, -0.1) is 0 Å². The molecule has 1 fully saturated rings. The Morgan fingerprint density at radius 2 is 1.72 bits per heavy atom. The van der Waals surface area contributed by atoms with E-state index in [2.05, 4.69) is 34.9 Å². The van der Waals surface area contributed by atoms with Crippen LogP contribution in [-0.4, -0.2) is 47.7 Å². The van der Waals surface area contributed by atoms with E-state index in [1.165, 1.54) is 0 Å². The lowest BCUT2D eigenvalue weighted by Gasteiger charge is -2.35. The van der Waals surface area contributed by atoms with E-state index in [4.69, 9.17) is 4.98 Å². The van der Waals surface area contributed by atoms with E-state index in [9.17, 15) is 5.11 Å². The third-order valence-corrected chi connectivity index (χ3v) is 5.01. The van der Waals surface area contributed by atoms with E-state index in [0.29, 0.717) is 0 Å². The molecule has 0 bridgehead atoms. The number of pyridine rings is 1. The van der Waals surface area contributed by atoms with Gasteiger partial charge in [-0.3, -0.25) is 0 Å². The summed E-state index contributed by atoms with van der Waals surface area (Å²) in [5.41, 5.74) is 3.19. The molecule has 0 spiro atoms. The first-order chi connectivity index (χ1) is 12.2. The largest absolute Gasteiger partial charge is 0.508 e. The third-order valence-electron chi connectivity index (χ3n) is 5.01. The van der Waals surface area contributed by atoms with Crippen molar-refractivity contribution >= 4 is 16.7 Å². The molecule has 128 valence electrons. The molecular formula is C21H23N3O. The number of piperazine rings is 1. The highest BCUT2D eigenvalue weighted by Gasteiger charge is 2.18. The summed E-state index contributed by atoms with van der Waals surface area (Å²) in [7, 11) is 0. The van der Waals surface area contributed by atoms with Crippen molar-refractivity contribution in [3.63, 3.8) is 0 Å². The van der Waals surface area contributed by atoms with Crippen LogP contribution >= 0.6 is 0 Å². The van der Waals surface area contributed by atoms with Crippen LogP contribution in [0.1, 0.15) is 6.92 Å². The molecule has 2 heterocycles. The first-order valence-electron chi connectivity index (χ1n) is 8.91. The predicted octanol–water partition coefficient (Wildman–Crippen LogP) is 3.75. The number of aromatic nitrogens is 1. The maximum absolute atomic E-state index is 9.93. The highest BCUT2D eigenvalue weighted by atomic mass is 16.3. The van der Waals surface area contributed by atoms with Gasteiger partial charge in [-0.05, 0) is 41.9 Å². The number of fused-ring (bicyclic) bond motifs is 1. The molecule has 0 saturated carbocycles. The van der Waals surface area contributed by atoms with Gasteiger partial charge in [0.15, 0.2) is 0 Å². The van der Waals surface area contributed by atoms with Crippen molar-refractivity contribution < 1.29 is 5.11 Å². The molecule has 1 aromatic heterocycles. The number of phenols is 1. The summed E-state index contributed by atoms with van der Waals surface area (Å²) in [5, 5.41) is 10.9. The minimum absolute atomic E-state index is 0.274. The van der Waals surface area contributed by atoms with E-state index in [-0.39, 0.29) is 5.75 Å². The van der Waals surface area contributed by atoms with E-state index in [0.717, 1.165) is 60.6 Å². The fraction of sp³-hybridized carbons (Fsp3) is 0.286. The quantitative estimate of drug-likeness (QED) is 0.792. The van der Waals surface area contributed by atoms with Crippen LogP contribution in [0.15, 0.2) is 54.6 Å². The standard InChI is InChI=1S/C21H23N3O/c1-2-23-10-12-24(13-11-23)21-15-18(16-6-4-3-5-7-16)19-14-17(25)8-9-20(19)22-21/h3-9,14-15,25H,2,10-13H2,1H3. The number of hydrogen-bond acceptors (Lipinski definition) is 4. The number of hydrogen-bond donors (Lipinski definition) is 1. The monoisotopic (exact) mass is 333 g/mol. The Kier molecular flexibility index (Phi) is 4.28. The molecule has 0 amide bonds. The topological polar surface area (TPSA) is 39.6 Å². The van der Waals surface area contributed by atoms with Gasteiger partial charge in [0.25, 0.3) is 0 Å². The van der Waals surface area contributed by atoms with Crippen molar-refractivity contribution in [2.75, 3.05) is 37.6 Å². The first-order valence-corrected chi connectivity index (χ1v) is 8.91. The number of rotatable bonds is 3. The molecule has 0 radical (unpaired) electrons. The average molecular weight is 333 g/mol. The third kappa shape index (κ3) is 3.17. The molecule has 3 aromatic rings. The summed E-state index contributed by atoms with van der Waals surface area (Å²) in [6.45, 7) is 7.47. The number of benzene rings is 2. The van der Waals surface area contributed by atoms with Crippen molar-refractivity contribution in [3.05, 3.63) is 54.6 Å². The number of phenolic OH excluding ortho intramolecular Hbond substituents is 1. The first kappa shape index (κ1) is 15.9. The van der Waals surface area contributed by atoms with Crippen LogP contribution < -0.4 is 4.90 Å². The molecule has 1 aliphatic rings. The Morgan fingerprint density at radius 1 is 0.960 bits per heavy atom. The zero-order valence-electron chi connectivity index (χ0n) is 14.5. The average Bonchev–Trinajstić information content (AvgIpc) is 2.68. The van der Waals surface area contributed by atoms with Gasteiger partial charge >= 0.3 is 0 Å². The lowest BCUT2D eigenvalue weighted by atomic mass is 10.0. The molecule has 4 nitrogen and oxygen atoms in total. The minimum Gasteiger partial charge on any atom is -0.508 e. The number of nitrogens with zero attached hydrogens (tertiary/aromatic N) is 3. The molecule has 4 heteroatoms. The summed E-state index contributed by atoms with van der Waals surface area (Å²) in [5.74, 6) is 1.29. The molecule has 1 aliphatic heterocycles. The van der Waals surface area contributed by atoms with Crippen molar-refractivity contribution in [1.82, 2.24) is 9.88 Å². The summed E-state index contributed by atoms with van der Waals surface area (Å²) in [6, 6.07) is 17.9. The van der Waals surface area contributed by atoms with Crippen LogP contribution in [0.3, 0.4) is 0 Å². The molecule has 0 unspecified atom stereocenters. The van der Waals surface area contributed by atoms with Gasteiger partial charge in [-0.1, -0.05) is 37.3 Å². The van der Waals surface area contributed by atoms with Crippen LogP contribution in [0.25, 0.3) is 22.0 Å². The fourth-order valence-electron chi connectivity index (χ4n) is 3.51. The van der Waals surface area contributed by atoms with Crippen LogP contribution in [0.2, 0.25) is 0 Å². The molecule has 0 atom stereocenters. The Balaban J connectivity index is 1.80. The Morgan fingerprint density at radius 3 is 2.44 bits per heavy atom. The van der Waals surface area contributed by atoms with Gasteiger partial charge in [0, 0.05) is 31.6 Å². The van der Waals surface area contributed by atoms with Crippen LogP contribution in [0.5, 0.6) is 5.75 Å². The van der Waals surface area contributed by atoms with Gasteiger partial charge in [0.1, 0.15) is 11.6 Å². The van der Waals surface area contributed by atoms with E-state index >= 15 is 0 Å². The Bertz CT molecular complexity index is 871. The van der Waals surface area contributed by atoms with Crippen LogP contribution in [0, 0.1) is 0 Å². The van der Waals surface area contributed by atoms with E-state index in [1.54, 1.807) is 6.07 Å². The van der Waals surface area contributed by atoms with Crippen LogP contribution in [-0.2, 0) is 0 Å². The van der Waals surface area contributed by atoms with Gasteiger partial charge in [-0.25, -0.2) is 4.98 Å². The maximum Gasteiger partial charge on any atom is 0.129 e. The fourth-order valence-corrected chi connectivity index (χ4v) is 3.51. The lowest BCUT2D eigenvalue weighted by molar-refractivity contribution is 0.270. The lowest BCUT2D eigenvalue weighted by Crippen LogP contribution is -2.46. The molecule has 0 aliphatic carbocycles. The summed E-state index contributed by atoms with van der Waals surface area (Å²) in [6.07, 6.45) is 0. The summed E-state index contributed by atoms with van der Waals surface area (Å²) < 4.78 is 0. The summed E-state index contributed by atoms with van der Waals surface area (Å²) >= 11 is 0. The molecule has 1 saturated heterocycles. The second-order valence-electron chi connectivity index (χ2n) is 6.52. The smallest absolute Gasteiger partial charge is 0.129 e. The normalized spacial score (nSPS) is 15.6. The zero-order valence-corrected chi connectivity index (χ0v) is 14.5. The van der Waals surface area contributed by atoms with Crippen molar-refractivity contribution in [1.29, 1.82) is 0 Å². The van der Waals surface area contributed by atoms with E-state index in [1.807, 2.05) is 30.3 Å². The Labute approximate surface area is 148 Å². The van der Waals surface area contributed by atoms with Gasteiger partial charge < -0.3 is 14.9 Å². The van der Waals surface area contributed by atoms with Crippen molar-refractivity contribution in [2.45, 2.75) is 6.92 Å². The Hall–Kier alpha value is -2.59. The maximum atomic E-state index is 9.93. The second kappa shape index (κ2) is 6.73. The molecule has 25 heavy (non-hydrogen) atoms. The molecular weight excluding hydrogens is 310 g/mol. The van der Waals surface area contributed by atoms with E-state index < -0.39 is 0 Å². The number of likely N-dealkylation sites (N-methyl/N-ethyl adjacent to an activating group) is 1. The molecule has 1 N–H and O–H groups in total. The predicted molar refractivity (Wildman–Crippen MR) is 103 cm³/mol. The molecule has 2 aromatic carbocycles. The summed E-state index contributed by atoms with van der Waals surface area (Å²) in [4.78, 5) is 9.71. The SMILES string of the molecule is CCN1CCN(c2cc(-c3ccccc3)c3cc(O)ccc3n2)CC1. The second-order valence-corrected chi connectivity index (χ2v) is 6.52. The number of anilines is 1. The van der Waals surface area contributed by atoms with Crippen molar-refractivity contribution in [2.24, 2.45) is 0 Å². The molecule has 4 rings (SSSR count). The van der Waals surface area contributed by atoms with Crippen molar-refractivity contribution in [3.8, 4) is 16.9 Å².